The van der Waals surface area contributed by atoms with Gasteiger partial charge in [-0.3, -0.25) is 34.4 Å². The molecule has 0 saturated carbocycles. The summed E-state index contributed by atoms with van der Waals surface area (Å²) in [7, 11) is 1.68. The van der Waals surface area contributed by atoms with Gasteiger partial charge >= 0.3 is 12.1 Å². The number of nitrogens with zero attached hydrogens (tertiary/aromatic N) is 6. The van der Waals surface area contributed by atoms with Gasteiger partial charge in [0.1, 0.15) is 17.1 Å². The largest absolute Gasteiger partial charge is 0.496 e. The van der Waals surface area contributed by atoms with E-state index in [1.165, 1.54) is 5.56 Å². The summed E-state index contributed by atoms with van der Waals surface area (Å²) >= 11 is 0. The van der Waals surface area contributed by atoms with E-state index in [1.807, 2.05) is 58.9 Å². The van der Waals surface area contributed by atoms with Gasteiger partial charge < -0.3 is 24.6 Å². The summed E-state index contributed by atoms with van der Waals surface area (Å²) in [5.41, 5.74) is 10.3. The van der Waals surface area contributed by atoms with E-state index < -0.39 is 17.7 Å². The average molecular weight is 824 g/mol. The maximum Gasteiger partial charge on any atom is 0.407 e. The van der Waals surface area contributed by atoms with Gasteiger partial charge in [-0.1, -0.05) is 6.92 Å². The fourth-order valence-electron chi connectivity index (χ4n) is 7.69. The Morgan fingerprint density at radius 1 is 0.733 bits per heavy atom. The molecular weight excluding hydrogens is 759 g/mol. The summed E-state index contributed by atoms with van der Waals surface area (Å²) < 4.78 is 17.3. The molecule has 0 radical (unpaired) electrons. The van der Waals surface area contributed by atoms with Gasteiger partial charge in [0, 0.05) is 94.2 Å². The molecule has 1 aromatic carbocycles. The van der Waals surface area contributed by atoms with Crippen LogP contribution in [0.25, 0.3) is 11.1 Å². The van der Waals surface area contributed by atoms with Gasteiger partial charge in [-0.15, -0.1) is 0 Å². The number of aliphatic carboxylic acids is 1. The van der Waals surface area contributed by atoms with Crippen molar-refractivity contribution >= 4 is 12.1 Å². The highest BCUT2D eigenvalue weighted by Crippen LogP contribution is 2.37. The van der Waals surface area contributed by atoms with Crippen LogP contribution < -0.4 is 14.8 Å². The molecule has 5 rings (SSSR count). The van der Waals surface area contributed by atoms with Gasteiger partial charge in [0.25, 0.3) is 0 Å². The Morgan fingerprint density at radius 2 is 1.25 bits per heavy atom. The van der Waals surface area contributed by atoms with Crippen molar-refractivity contribution in [1.29, 1.82) is 0 Å². The molecular formula is C47H65N7O6. The van der Waals surface area contributed by atoms with Crippen LogP contribution in [0.1, 0.15) is 85.0 Å². The Kier molecular flexibility index (Phi) is 16.4. The molecule has 2 N–H and O–H groups in total. The van der Waals surface area contributed by atoms with Gasteiger partial charge in [0.15, 0.2) is 0 Å². The Labute approximate surface area is 356 Å². The summed E-state index contributed by atoms with van der Waals surface area (Å²) in [5, 5.41) is 12.2. The molecule has 0 bridgehead atoms. The van der Waals surface area contributed by atoms with Crippen molar-refractivity contribution in [3.8, 4) is 22.6 Å². The third-order valence-electron chi connectivity index (χ3n) is 10.3. The third-order valence-corrected chi connectivity index (χ3v) is 10.3. The molecule has 0 atom stereocenters. The van der Waals surface area contributed by atoms with Gasteiger partial charge in [-0.25, -0.2) is 4.79 Å². The molecule has 1 aliphatic rings. The number of hydrogen-bond donors (Lipinski definition) is 2. The first-order chi connectivity index (χ1) is 28.5. The lowest BCUT2D eigenvalue weighted by atomic mass is 9.98. The van der Waals surface area contributed by atoms with Crippen molar-refractivity contribution in [1.82, 2.24) is 35.0 Å². The van der Waals surface area contributed by atoms with Crippen LogP contribution in [0.15, 0.2) is 48.5 Å². The molecule has 0 unspecified atom stereocenters. The van der Waals surface area contributed by atoms with Crippen molar-refractivity contribution in [3.05, 3.63) is 99.4 Å². The van der Waals surface area contributed by atoms with Crippen LogP contribution in [0.4, 0.5) is 4.79 Å². The highest BCUT2D eigenvalue weighted by atomic mass is 16.6. The number of nitrogens with one attached hydrogen (secondary N) is 1. The number of pyridine rings is 3. The quantitative estimate of drug-likeness (QED) is 0.112. The molecule has 0 spiro atoms. The number of aryl methyl sites for hydroxylation is 5. The number of alkyl carbamates (subject to hydrolysis) is 1. The first-order valence-electron chi connectivity index (χ1n) is 21.1. The van der Waals surface area contributed by atoms with E-state index in [4.69, 9.17) is 29.2 Å². The Balaban J connectivity index is 1.33. The fraction of sp³-hybridized carbons (Fsp3) is 0.511. The van der Waals surface area contributed by atoms with E-state index in [0.717, 1.165) is 114 Å². The van der Waals surface area contributed by atoms with Crippen LogP contribution in [0.3, 0.4) is 0 Å². The lowest BCUT2D eigenvalue weighted by Gasteiger charge is -2.26. The molecule has 1 aliphatic heterocycles. The third kappa shape index (κ3) is 14.6. The Morgan fingerprint density at radius 3 is 1.77 bits per heavy atom. The second-order valence-corrected chi connectivity index (χ2v) is 16.9. The number of hydrogen-bond acceptors (Lipinski definition) is 11. The van der Waals surface area contributed by atoms with Crippen molar-refractivity contribution < 1.29 is 28.9 Å². The number of ether oxygens (including phenoxy) is 3. The van der Waals surface area contributed by atoms with Gasteiger partial charge in [0.2, 0.25) is 0 Å². The molecule has 13 nitrogen and oxygen atoms in total. The maximum atomic E-state index is 12.0. The standard InChI is InChI=1S/C47H65N7O6/c1-10-36-21-33(3)49-39(24-36)29-52-13-14-53(30-40-25-37(26-44(55)56)22-34(4)50-40)16-18-54(17-15-52)31-41-27-38(23-35(5)51-41)45-32(2)20-42(28-43(45)58-9)59-19-11-12-48-46(57)60-47(6,7)8/h20-25,27-28H,10-19,26,29-31H2,1-9H3,(H,48,57)(H,55,56). The number of rotatable bonds is 16. The predicted molar refractivity (Wildman–Crippen MR) is 235 cm³/mol. The zero-order chi connectivity index (χ0) is 43.4. The van der Waals surface area contributed by atoms with Crippen molar-refractivity contribution in [2.45, 2.75) is 99.9 Å². The molecule has 0 aliphatic carbocycles. The molecule has 4 aromatic rings. The van der Waals surface area contributed by atoms with E-state index in [1.54, 1.807) is 7.11 Å². The molecule has 1 fully saturated rings. The van der Waals surface area contributed by atoms with Gasteiger partial charge in [0.05, 0.1) is 37.2 Å². The van der Waals surface area contributed by atoms with Crippen LogP contribution >= 0.6 is 0 Å². The second kappa shape index (κ2) is 21.4. The highest BCUT2D eigenvalue weighted by molar-refractivity contribution is 5.75. The number of carboxylic acid groups (broad SMARTS) is 1. The van der Waals surface area contributed by atoms with Crippen molar-refractivity contribution in [3.63, 3.8) is 0 Å². The second-order valence-electron chi connectivity index (χ2n) is 16.9. The van der Waals surface area contributed by atoms with E-state index in [-0.39, 0.29) is 6.42 Å². The smallest absolute Gasteiger partial charge is 0.407 e. The lowest BCUT2D eigenvalue weighted by Crippen LogP contribution is -2.35. The van der Waals surface area contributed by atoms with Crippen molar-refractivity contribution in [2.75, 3.05) is 59.5 Å². The van der Waals surface area contributed by atoms with Crippen LogP contribution in [0, 0.1) is 27.7 Å². The highest BCUT2D eigenvalue weighted by Gasteiger charge is 2.21. The molecule has 324 valence electrons. The fourth-order valence-corrected chi connectivity index (χ4v) is 7.69. The summed E-state index contributed by atoms with van der Waals surface area (Å²) in [6.45, 7) is 23.8. The molecule has 13 heteroatoms. The molecule has 3 aromatic heterocycles. The summed E-state index contributed by atoms with van der Waals surface area (Å²) in [6.07, 6.45) is 1.14. The number of carboxylic acids is 1. The molecule has 60 heavy (non-hydrogen) atoms. The topological polar surface area (TPSA) is 142 Å². The van der Waals surface area contributed by atoms with Crippen LogP contribution in [0.5, 0.6) is 11.5 Å². The number of methoxy groups -OCH3 is 1. The number of aromatic nitrogens is 3. The zero-order valence-corrected chi connectivity index (χ0v) is 37.2. The van der Waals surface area contributed by atoms with Gasteiger partial charge in [-0.2, -0.15) is 0 Å². The lowest BCUT2D eigenvalue weighted by molar-refractivity contribution is -0.136. The minimum Gasteiger partial charge on any atom is -0.496 e. The number of benzene rings is 1. The molecule has 1 saturated heterocycles. The normalized spacial score (nSPS) is 14.6. The minimum atomic E-state index is -0.845. The van der Waals surface area contributed by atoms with Crippen LogP contribution in [0.2, 0.25) is 0 Å². The summed E-state index contributed by atoms with van der Waals surface area (Å²) in [4.78, 5) is 45.7. The number of carbonyl (C=O) groups excluding carboxylic acids is 1. The Bertz CT molecular complexity index is 2080. The number of amides is 1. The Hall–Kier alpha value is -5.11. The van der Waals surface area contributed by atoms with E-state index >= 15 is 0 Å². The summed E-state index contributed by atoms with van der Waals surface area (Å²) in [6, 6.07) is 16.4. The average Bonchev–Trinajstić information content (AvgIpc) is 3.23. The first kappa shape index (κ1) is 46.0. The first-order valence-corrected chi connectivity index (χ1v) is 21.1. The van der Waals surface area contributed by atoms with Crippen molar-refractivity contribution in [2.24, 2.45) is 0 Å². The monoisotopic (exact) mass is 823 g/mol. The zero-order valence-electron chi connectivity index (χ0n) is 37.2. The molecule has 1 amide bonds. The van der Waals surface area contributed by atoms with Crippen LogP contribution in [-0.2, 0) is 42.0 Å². The SMILES string of the molecule is CCc1cc(C)nc(CN2CCN(Cc3cc(CC(=O)O)cc(C)n3)CCN(Cc3cc(-c4c(C)cc(OCCCNC(=O)OC(C)(C)C)cc4OC)cc(C)n3)CC2)c1. The van der Waals surface area contributed by atoms with E-state index in [0.29, 0.717) is 38.4 Å². The van der Waals surface area contributed by atoms with E-state index in [2.05, 4.69) is 65.1 Å². The van der Waals surface area contributed by atoms with E-state index in [9.17, 15) is 14.7 Å². The summed E-state index contributed by atoms with van der Waals surface area (Å²) in [5.74, 6) is 0.574. The maximum absolute atomic E-state index is 12.0. The number of carbonyl (C=O) groups is 2. The predicted octanol–water partition coefficient (Wildman–Crippen LogP) is 7.08. The minimum absolute atomic E-state index is 0.0212. The molecule has 4 heterocycles. The van der Waals surface area contributed by atoms with Crippen LogP contribution in [-0.4, -0.2) is 112 Å². The van der Waals surface area contributed by atoms with Gasteiger partial charge in [-0.05, 0) is 126 Å².